The second-order valence-corrected chi connectivity index (χ2v) is 1.48. The molecule has 0 rings (SSSR count). The van der Waals surface area contributed by atoms with Gasteiger partial charge in [-0.05, 0) is 19.4 Å². The van der Waals surface area contributed by atoms with Gasteiger partial charge < -0.3 is 4.74 Å². The smallest absolute Gasteiger partial charge is 0.266 e. The Morgan fingerprint density at radius 3 is 2.67 bits per heavy atom. The van der Waals surface area contributed by atoms with Crippen molar-refractivity contribution in [2.75, 3.05) is 13.2 Å². The maximum Gasteiger partial charge on any atom is 0.266 e. The predicted molar refractivity (Wildman–Crippen MR) is 31.4 cm³/mol. The van der Waals surface area contributed by atoms with Crippen molar-refractivity contribution in [3.63, 3.8) is 0 Å². The van der Waals surface area contributed by atoms with Gasteiger partial charge in [-0.2, -0.15) is 8.78 Å². The average molecular weight is 136 g/mol. The van der Waals surface area contributed by atoms with Crippen molar-refractivity contribution in [1.29, 1.82) is 0 Å². The van der Waals surface area contributed by atoms with Crippen molar-refractivity contribution in [2.24, 2.45) is 0 Å². The lowest BCUT2D eigenvalue weighted by Gasteiger charge is -1.93. The molecule has 0 aromatic heterocycles. The van der Waals surface area contributed by atoms with Gasteiger partial charge in [0.05, 0.1) is 6.61 Å². The third kappa shape index (κ3) is 7.56. The Hall–Kier alpha value is -0.440. The highest BCUT2D eigenvalue weighted by Crippen LogP contribution is 1.98. The molecular weight excluding hydrogens is 126 g/mol. The first-order valence-electron chi connectivity index (χ1n) is 2.86. The van der Waals surface area contributed by atoms with Gasteiger partial charge in [0.2, 0.25) is 0 Å². The normalized spacial score (nSPS) is 9.22. The Kier molecular flexibility index (Phi) is 5.41. The maximum atomic E-state index is 11.3. The van der Waals surface area contributed by atoms with Crippen molar-refractivity contribution in [1.82, 2.24) is 0 Å². The highest BCUT2D eigenvalue weighted by atomic mass is 19.3. The van der Waals surface area contributed by atoms with Crippen LogP contribution in [0.4, 0.5) is 8.78 Å². The largest absolute Gasteiger partial charge is 0.381 e. The Bertz CT molecular complexity index is 87.1. The first-order chi connectivity index (χ1) is 4.27. The molecule has 0 spiro atoms. The standard InChI is InChI=1S/C6H10F2O/c1-2-9-5-3-4-6(7)8/h4H,2-3,5H2,1H3. The van der Waals surface area contributed by atoms with Gasteiger partial charge in [-0.1, -0.05) is 0 Å². The van der Waals surface area contributed by atoms with E-state index in [0.29, 0.717) is 19.6 Å². The highest BCUT2D eigenvalue weighted by Gasteiger charge is 1.86. The van der Waals surface area contributed by atoms with Crippen molar-refractivity contribution in [3.8, 4) is 0 Å². The first-order valence-corrected chi connectivity index (χ1v) is 2.86. The molecule has 0 unspecified atom stereocenters. The molecule has 0 atom stereocenters. The average Bonchev–Trinajstić information content (AvgIpc) is 1.80. The SMILES string of the molecule is CCOCCC=C(F)F. The van der Waals surface area contributed by atoms with Gasteiger partial charge in [-0.25, -0.2) is 0 Å². The zero-order valence-electron chi connectivity index (χ0n) is 5.36. The summed E-state index contributed by atoms with van der Waals surface area (Å²) in [6.07, 6.45) is -0.471. The fourth-order valence-electron chi connectivity index (χ4n) is 0.396. The van der Waals surface area contributed by atoms with E-state index < -0.39 is 6.08 Å². The molecule has 0 saturated heterocycles. The minimum absolute atomic E-state index is 0.302. The van der Waals surface area contributed by atoms with Crippen LogP contribution in [0.5, 0.6) is 0 Å². The highest BCUT2D eigenvalue weighted by molar-refractivity contribution is 4.79. The van der Waals surface area contributed by atoms with Crippen LogP contribution in [0, 0.1) is 0 Å². The van der Waals surface area contributed by atoms with Crippen LogP contribution in [-0.2, 0) is 4.74 Å². The van der Waals surface area contributed by atoms with Gasteiger partial charge in [0.25, 0.3) is 6.08 Å². The van der Waals surface area contributed by atoms with E-state index in [2.05, 4.69) is 0 Å². The fourth-order valence-corrected chi connectivity index (χ4v) is 0.396. The summed E-state index contributed by atoms with van der Waals surface area (Å²) in [5.41, 5.74) is 0. The molecule has 0 radical (unpaired) electrons. The van der Waals surface area contributed by atoms with E-state index in [4.69, 9.17) is 4.74 Å². The molecule has 0 N–H and O–H groups in total. The zero-order chi connectivity index (χ0) is 7.11. The fraction of sp³-hybridized carbons (Fsp3) is 0.667. The van der Waals surface area contributed by atoms with E-state index in [-0.39, 0.29) is 0 Å². The molecule has 1 nitrogen and oxygen atoms in total. The van der Waals surface area contributed by atoms with Crippen molar-refractivity contribution < 1.29 is 13.5 Å². The first kappa shape index (κ1) is 8.56. The van der Waals surface area contributed by atoms with Crippen LogP contribution in [0.2, 0.25) is 0 Å². The molecule has 0 heterocycles. The zero-order valence-corrected chi connectivity index (χ0v) is 5.36. The van der Waals surface area contributed by atoms with E-state index in [9.17, 15) is 8.78 Å². The van der Waals surface area contributed by atoms with E-state index in [1.54, 1.807) is 0 Å². The molecule has 0 aliphatic rings. The second-order valence-electron chi connectivity index (χ2n) is 1.48. The lowest BCUT2D eigenvalue weighted by atomic mass is 10.4. The molecule has 0 bridgehead atoms. The number of hydrogen-bond acceptors (Lipinski definition) is 1. The summed E-state index contributed by atoms with van der Waals surface area (Å²) in [6.45, 7) is 2.80. The number of ether oxygens (including phenoxy) is 1. The van der Waals surface area contributed by atoms with E-state index in [1.165, 1.54) is 0 Å². The Labute approximate surface area is 53.3 Å². The summed E-state index contributed by atoms with van der Waals surface area (Å²) in [7, 11) is 0. The summed E-state index contributed by atoms with van der Waals surface area (Å²) in [4.78, 5) is 0. The third-order valence-corrected chi connectivity index (χ3v) is 0.765. The summed E-state index contributed by atoms with van der Waals surface area (Å²) < 4.78 is 27.3. The van der Waals surface area contributed by atoms with Gasteiger partial charge in [0, 0.05) is 6.61 Å². The summed E-state index contributed by atoms with van der Waals surface area (Å²) >= 11 is 0. The van der Waals surface area contributed by atoms with Crippen LogP contribution < -0.4 is 0 Å². The summed E-state index contributed by atoms with van der Waals surface area (Å²) in [5, 5.41) is 0. The molecule has 0 aromatic rings. The second kappa shape index (κ2) is 5.69. The number of halogens is 2. The van der Waals surface area contributed by atoms with E-state index in [1.807, 2.05) is 6.92 Å². The van der Waals surface area contributed by atoms with Crippen molar-refractivity contribution in [2.45, 2.75) is 13.3 Å². The van der Waals surface area contributed by atoms with E-state index >= 15 is 0 Å². The lowest BCUT2D eigenvalue weighted by Crippen LogP contribution is -1.90. The van der Waals surface area contributed by atoms with Gasteiger partial charge in [-0.15, -0.1) is 0 Å². The molecule has 0 amide bonds. The quantitative estimate of drug-likeness (QED) is 0.538. The molecule has 9 heavy (non-hydrogen) atoms. The molecule has 0 fully saturated rings. The molecule has 54 valence electrons. The Morgan fingerprint density at radius 2 is 2.22 bits per heavy atom. The van der Waals surface area contributed by atoms with Gasteiger partial charge in [0.1, 0.15) is 0 Å². The van der Waals surface area contributed by atoms with Crippen molar-refractivity contribution >= 4 is 0 Å². The van der Waals surface area contributed by atoms with Crippen LogP contribution in [0.25, 0.3) is 0 Å². The van der Waals surface area contributed by atoms with Crippen LogP contribution in [-0.4, -0.2) is 13.2 Å². The van der Waals surface area contributed by atoms with Gasteiger partial charge in [0.15, 0.2) is 0 Å². The number of hydrogen-bond donors (Lipinski definition) is 0. The monoisotopic (exact) mass is 136 g/mol. The molecule has 0 aliphatic carbocycles. The van der Waals surface area contributed by atoms with E-state index in [0.717, 1.165) is 6.08 Å². The van der Waals surface area contributed by atoms with Crippen LogP contribution in [0.15, 0.2) is 12.2 Å². The van der Waals surface area contributed by atoms with Gasteiger partial charge >= 0.3 is 0 Å². The molecule has 0 aromatic carbocycles. The Balaban J connectivity index is 3.00. The minimum Gasteiger partial charge on any atom is -0.381 e. The number of rotatable bonds is 4. The molecular formula is C6H10F2O. The minimum atomic E-state index is -1.63. The molecule has 3 heteroatoms. The third-order valence-electron chi connectivity index (χ3n) is 0.765. The summed E-state index contributed by atoms with van der Waals surface area (Å²) in [6, 6.07) is 0. The predicted octanol–water partition coefficient (Wildman–Crippen LogP) is 2.19. The van der Waals surface area contributed by atoms with Crippen LogP contribution >= 0.6 is 0 Å². The molecule has 0 aliphatic heterocycles. The van der Waals surface area contributed by atoms with Crippen molar-refractivity contribution in [3.05, 3.63) is 12.2 Å². The molecule has 0 saturated carbocycles. The van der Waals surface area contributed by atoms with Crippen LogP contribution in [0.3, 0.4) is 0 Å². The van der Waals surface area contributed by atoms with Crippen LogP contribution in [0.1, 0.15) is 13.3 Å². The van der Waals surface area contributed by atoms with Gasteiger partial charge in [-0.3, -0.25) is 0 Å². The summed E-state index contributed by atoms with van der Waals surface area (Å²) in [5.74, 6) is 0. The lowest BCUT2D eigenvalue weighted by molar-refractivity contribution is 0.151. The topological polar surface area (TPSA) is 9.23 Å². The maximum absolute atomic E-state index is 11.3. The Morgan fingerprint density at radius 1 is 1.56 bits per heavy atom.